The van der Waals surface area contributed by atoms with E-state index < -0.39 is 44.5 Å². The number of aliphatic hydroxyl groups is 2. The second kappa shape index (κ2) is 11.2. The fourth-order valence-corrected chi connectivity index (χ4v) is 10.3. The van der Waals surface area contributed by atoms with Gasteiger partial charge in [-0.05, 0) is 97.7 Å². The molecule has 39 heavy (non-hydrogen) atoms. The summed E-state index contributed by atoms with van der Waals surface area (Å²) >= 11 is 0. The molecule has 0 aliphatic heterocycles. The highest BCUT2D eigenvalue weighted by Crippen LogP contribution is 2.68. The predicted molar refractivity (Wildman–Crippen MR) is 144 cm³/mol. The fraction of sp³-hybridized carbons (Fsp3) is 0.926. The molecule has 0 radical (unpaired) electrons. The molecule has 4 rings (SSSR count). The van der Waals surface area contributed by atoms with Gasteiger partial charge in [0.1, 0.15) is 6.10 Å². The summed E-state index contributed by atoms with van der Waals surface area (Å²) < 4.78 is 73.6. The Morgan fingerprint density at radius 3 is 2.21 bits per heavy atom. The monoisotopic (exact) mass is 594 g/mol. The Kier molecular flexibility index (Phi) is 9.03. The van der Waals surface area contributed by atoms with Gasteiger partial charge in [-0.25, -0.2) is 8.37 Å². The van der Waals surface area contributed by atoms with E-state index in [1.807, 2.05) is 6.08 Å². The van der Waals surface area contributed by atoms with Gasteiger partial charge in [0, 0.05) is 5.92 Å². The number of allylic oxidation sites excluding steroid dienone is 1. The van der Waals surface area contributed by atoms with E-state index in [2.05, 4.69) is 33.8 Å². The van der Waals surface area contributed by atoms with Crippen LogP contribution in [0.4, 0.5) is 0 Å². The zero-order valence-electron chi connectivity index (χ0n) is 23.3. The third kappa shape index (κ3) is 6.43. The van der Waals surface area contributed by atoms with Crippen molar-refractivity contribution in [1.29, 1.82) is 0 Å². The van der Waals surface area contributed by atoms with Crippen LogP contribution in [-0.2, 0) is 29.2 Å². The van der Waals surface area contributed by atoms with Crippen LogP contribution in [0.5, 0.6) is 0 Å². The van der Waals surface area contributed by atoms with Gasteiger partial charge in [-0.2, -0.15) is 16.8 Å². The second-order valence-corrected chi connectivity index (χ2v) is 15.6. The van der Waals surface area contributed by atoms with Gasteiger partial charge in [0.15, 0.2) is 0 Å². The summed E-state index contributed by atoms with van der Waals surface area (Å²) in [6.07, 6.45) is 6.83. The lowest BCUT2D eigenvalue weighted by atomic mass is 9.43. The van der Waals surface area contributed by atoms with Gasteiger partial charge in [-0.1, -0.05) is 39.8 Å². The molecule has 0 aromatic heterocycles. The minimum Gasteiger partial charge on any atom is -0.393 e. The highest BCUT2D eigenvalue weighted by molar-refractivity contribution is 7.81. The van der Waals surface area contributed by atoms with Gasteiger partial charge in [0.25, 0.3) is 0 Å². The van der Waals surface area contributed by atoms with Crippen LogP contribution in [0, 0.1) is 52.3 Å². The lowest BCUT2D eigenvalue weighted by Crippen LogP contribution is -2.62. The molecule has 0 heterocycles. The largest absolute Gasteiger partial charge is 0.397 e. The van der Waals surface area contributed by atoms with E-state index in [4.69, 9.17) is 8.37 Å². The van der Waals surface area contributed by atoms with Crippen LogP contribution in [0.1, 0.15) is 79.1 Å². The lowest BCUT2D eigenvalue weighted by Gasteiger charge is -2.63. The van der Waals surface area contributed by atoms with Crippen molar-refractivity contribution in [1.82, 2.24) is 0 Å². The maximum Gasteiger partial charge on any atom is 0.397 e. The second-order valence-electron chi connectivity index (χ2n) is 13.5. The van der Waals surface area contributed by atoms with Crippen LogP contribution in [-0.4, -0.2) is 61.1 Å². The van der Waals surface area contributed by atoms with Crippen LogP contribution in [0.25, 0.3) is 0 Å². The Labute approximate surface area is 233 Å². The smallest absolute Gasteiger partial charge is 0.393 e. The van der Waals surface area contributed by atoms with Crippen molar-refractivity contribution in [3.05, 3.63) is 12.2 Å². The first-order chi connectivity index (χ1) is 18.0. The van der Waals surface area contributed by atoms with Gasteiger partial charge in [0.05, 0.1) is 18.8 Å². The van der Waals surface area contributed by atoms with Crippen molar-refractivity contribution in [2.24, 2.45) is 52.3 Å². The molecule has 12 heteroatoms. The first-order valence-corrected chi connectivity index (χ1v) is 17.0. The van der Waals surface area contributed by atoms with Crippen LogP contribution in [0.3, 0.4) is 0 Å². The predicted octanol–water partition coefficient (Wildman–Crippen LogP) is 3.81. The standard InChI is InChI=1S/C27H46O10S2/c1-16(2)6-5-7-17(15-36-38(30,31)32)19-10-11-20-18-8-9-21-25(29)23(37-39(33,34)35)12-13-26(21,3)24(18)22(28)14-27(19,20)4/h5,7,16-25,28-29H,6,8-15H2,1-4H3,(H,30,31,32)(H,33,34,35)/b7-5+/t17-,18-,19+,20-,21?,22?,23?,24+,25?,26-,27+/m0/s1. The van der Waals surface area contributed by atoms with Crippen LogP contribution in [0.15, 0.2) is 12.2 Å². The van der Waals surface area contributed by atoms with E-state index in [-0.39, 0.29) is 48.0 Å². The minimum absolute atomic E-state index is 0.0679. The Bertz CT molecular complexity index is 1120. The van der Waals surface area contributed by atoms with E-state index >= 15 is 0 Å². The number of hydrogen-bond acceptors (Lipinski definition) is 8. The van der Waals surface area contributed by atoms with Gasteiger partial charge in [-0.3, -0.25) is 9.11 Å². The van der Waals surface area contributed by atoms with Crippen molar-refractivity contribution in [2.45, 2.75) is 97.4 Å². The lowest BCUT2D eigenvalue weighted by molar-refractivity contribution is -0.204. The van der Waals surface area contributed by atoms with E-state index in [1.165, 1.54) is 0 Å². The van der Waals surface area contributed by atoms with E-state index in [1.54, 1.807) is 0 Å². The first kappa shape index (κ1) is 31.3. The van der Waals surface area contributed by atoms with Gasteiger partial charge in [0.2, 0.25) is 0 Å². The average molecular weight is 595 g/mol. The molecule has 4 fully saturated rings. The average Bonchev–Trinajstić information content (AvgIpc) is 3.12. The molecule has 0 aromatic rings. The van der Waals surface area contributed by atoms with Crippen LogP contribution >= 0.6 is 0 Å². The van der Waals surface area contributed by atoms with Crippen LogP contribution < -0.4 is 0 Å². The molecule has 4 aliphatic rings. The Balaban J connectivity index is 1.58. The summed E-state index contributed by atoms with van der Waals surface area (Å²) in [7, 11) is -9.27. The summed E-state index contributed by atoms with van der Waals surface area (Å²) in [5, 5.41) is 22.8. The SMILES string of the molecule is CC(C)C/C=C/[C@@H](COS(=O)(=O)O)[C@H]1CC[C@H]2[C@@H]3CCC4C(O)C(OS(=O)(=O)O)CC[C@]4(C)[C@H]3C(O)C[C@]12C. The maximum absolute atomic E-state index is 11.7. The summed E-state index contributed by atoms with van der Waals surface area (Å²) in [4.78, 5) is 0. The quantitative estimate of drug-likeness (QED) is 0.228. The third-order valence-electron chi connectivity index (χ3n) is 10.9. The molecule has 226 valence electrons. The van der Waals surface area contributed by atoms with Crippen molar-refractivity contribution >= 4 is 20.8 Å². The zero-order valence-corrected chi connectivity index (χ0v) is 25.0. The molecule has 11 atom stereocenters. The molecule has 4 saturated carbocycles. The molecule has 10 nitrogen and oxygen atoms in total. The molecular formula is C27H46O10S2. The molecule has 0 aromatic carbocycles. The fourth-order valence-electron chi connectivity index (χ4n) is 9.43. The Morgan fingerprint density at radius 1 is 0.923 bits per heavy atom. The summed E-state index contributed by atoms with van der Waals surface area (Å²) in [5.41, 5.74) is -0.673. The number of rotatable bonds is 9. The van der Waals surface area contributed by atoms with Crippen molar-refractivity contribution in [3.63, 3.8) is 0 Å². The van der Waals surface area contributed by atoms with Gasteiger partial charge < -0.3 is 10.2 Å². The first-order valence-electron chi connectivity index (χ1n) is 14.3. The molecule has 0 saturated heterocycles. The summed E-state index contributed by atoms with van der Waals surface area (Å²) in [6, 6.07) is 0. The van der Waals surface area contributed by atoms with Gasteiger partial charge in [-0.15, -0.1) is 0 Å². The van der Waals surface area contributed by atoms with Gasteiger partial charge >= 0.3 is 20.8 Å². The summed E-state index contributed by atoms with van der Waals surface area (Å²) in [6.45, 7) is 8.36. The molecule has 0 spiro atoms. The van der Waals surface area contributed by atoms with E-state index in [0.717, 1.165) is 25.7 Å². The van der Waals surface area contributed by atoms with E-state index in [9.17, 15) is 36.2 Å². The van der Waals surface area contributed by atoms with Crippen molar-refractivity contribution in [3.8, 4) is 0 Å². The summed E-state index contributed by atoms with van der Waals surface area (Å²) in [5.74, 6) is 0.453. The topological polar surface area (TPSA) is 168 Å². The van der Waals surface area contributed by atoms with Crippen molar-refractivity contribution in [2.75, 3.05) is 6.61 Å². The molecule has 0 bridgehead atoms. The number of aliphatic hydroxyl groups excluding tert-OH is 2. The number of hydrogen-bond donors (Lipinski definition) is 4. The highest BCUT2D eigenvalue weighted by atomic mass is 32.3. The maximum atomic E-state index is 11.7. The normalized spacial score (nSPS) is 43.7. The molecule has 0 amide bonds. The Hall–Kier alpha value is -0.600. The molecule has 4 aliphatic carbocycles. The number of fused-ring (bicyclic) bond motifs is 5. The van der Waals surface area contributed by atoms with Crippen molar-refractivity contribution < 1.29 is 44.5 Å². The molecule has 4 N–H and O–H groups in total. The highest BCUT2D eigenvalue weighted by Gasteiger charge is 2.65. The van der Waals surface area contributed by atoms with Crippen LogP contribution in [0.2, 0.25) is 0 Å². The molecule has 4 unspecified atom stereocenters. The Morgan fingerprint density at radius 2 is 1.59 bits per heavy atom. The minimum atomic E-state index is -4.69. The molecular weight excluding hydrogens is 548 g/mol. The third-order valence-corrected chi connectivity index (χ3v) is 11.8. The zero-order chi connectivity index (χ0) is 29.0. The van der Waals surface area contributed by atoms with E-state index in [0.29, 0.717) is 31.1 Å².